The van der Waals surface area contributed by atoms with E-state index in [1.165, 1.54) is 0 Å². The van der Waals surface area contributed by atoms with Crippen LogP contribution in [0, 0.1) is 0 Å². The van der Waals surface area contributed by atoms with Crippen LogP contribution in [0.15, 0.2) is 0 Å². The molecule has 0 aromatic heterocycles. The first kappa shape index (κ1) is 9.27. The van der Waals surface area contributed by atoms with E-state index in [1.807, 2.05) is 18.7 Å². The lowest BCUT2D eigenvalue weighted by Crippen LogP contribution is -2.39. The molecule has 9 heavy (non-hydrogen) atoms. The normalized spacial score (nSPS) is 17.3. The van der Waals surface area contributed by atoms with Gasteiger partial charge in [0.1, 0.15) is 0 Å². The Hall–Kier alpha value is 0.270. The Labute approximate surface area is 61.4 Å². The molecule has 0 aromatic carbocycles. The van der Waals surface area contributed by atoms with Gasteiger partial charge in [0, 0.05) is 12.1 Å². The van der Waals surface area contributed by atoms with Crippen LogP contribution in [0.1, 0.15) is 13.3 Å². The number of rotatable bonds is 4. The van der Waals surface area contributed by atoms with Gasteiger partial charge in [0.15, 0.2) is 0 Å². The van der Waals surface area contributed by atoms with Crippen molar-refractivity contribution in [2.45, 2.75) is 25.4 Å². The zero-order valence-corrected chi connectivity index (χ0v) is 6.95. The summed E-state index contributed by atoms with van der Waals surface area (Å²) in [7, 11) is 0. The lowest BCUT2D eigenvalue weighted by molar-refractivity contribution is 0.549. The van der Waals surface area contributed by atoms with Crippen molar-refractivity contribution in [2.75, 3.05) is 12.0 Å². The van der Waals surface area contributed by atoms with Crippen LogP contribution in [0.5, 0.6) is 0 Å². The fourth-order valence-corrected chi connectivity index (χ4v) is 1.02. The highest BCUT2D eigenvalue weighted by Crippen LogP contribution is 1.99. The number of thioether (sulfide) groups is 1. The molecule has 2 nitrogen and oxygen atoms in total. The van der Waals surface area contributed by atoms with E-state index in [-0.39, 0.29) is 12.1 Å². The van der Waals surface area contributed by atoms with E-state index in [0.717, 1.165) is 12.2 Å². The summed E-state index contributed by atoms with van der Waals surface area (Å²) in [4.78, 5) is 0. The molecule has 0 aliphatic rings. The van der Waals surface area contributed by atoms with E-state index < -0.39 is 0 Å². The highest BCUT2D eigenvalue weighted by molar-refractivity contribution is 7.98. The van der Waals surface area contributed by atoms with Crippen LogP contribution in [0.2, 0.25) is 0 Å². The van der Waals surface area contributed by atoms with Gasteiger partial charge >= 0.3 is 0 Å². The quantitative estimate of drug-likeness (QED) is 0.607. The van der Waals surface area contributed by atoms with E-state index in [2.05, 4.69) is 6.26 Å². The molecule has 0 aliphatic carbocycles. The predicted molar refractivity (Wildman–Crippen MR) is 44.6 cm³/mol. The molecule has 0 rings (SSSR count). The summed E-state index contributed by atoms with van der Waals surface area (Å²) in [5.74, 6) is 1.11. The molecule has 3 heteroatoms. The van der Waals surface area contributed by atoms with E-state index in [4.69, 9.17) is 11.5 Å². The molecule has 2 unspecified atom stereocenters. The Kier molecular flexibility index (Phi) is 5.24. The third-order valence-electron chi connectivity index (χ3n) is 1.33. The summed E-state index contributed by atoms with van der Waals surface area (Å²) in [6.07, 6.45) is 3.10. The molecule has 0 heterocycles. The minimum Gasteiger partial charge on any atom is -0.327 e. The number of hydrogen-bond donors (Lipinski definition) is 2. The fraction of sp³-hybridized carbons (Fsp3) is 1.00. The van der Waals surface area contributed by atoms with Crippen molar-refractivity contribution in [1.82, 2.24) is 0 Å². The summed E-state index contributed by atoms with van der Waals surface area (Å²) in [6, 6.07) is 0.314. The van der Waals surface area contributed by atoms with E-state index in [1.54, 1.807) is 0 Å². The molecular formula is C6H16N2S. The smallest absolute Gasteiger partial charge is 0.0197 e. The van der Waals surface area contributed by atoms with Gasteiger partial charge in [-0.3, -0.25) is 0 Å². The van der Waals surface area contributed by atoms with Gasteiger partial charge in [0.05, 0.1) is 0 Å². The molecule has 0 spiro atoms. The third-order valence-corrected chi connectivity index (χ3v) is 1.97. The fourth-order valence-electron chi connectivity index (χ4n) is 0.517. The molecule has 0 aromatic rings. The first-order valence-corrected chi connectivity index (χ1v) is 4.58. The molecule has 0 bridgehead atoms. The maximum absolute atomic E-state index is 5.66. The highest BCUT2D eigenvalue weighted by Gasteiger charge is 2.05. The molecule has 56 valence electrons. The molecule has 0 radical (unpaired) electrons. The van der Waals surface area contributed by atoms with Crippen LogP contribution >= 0.6 is 11.8 Å². The molecule has 0 saturated heterocycles. The summed E-state index contributed by atoms with van der Waals surface area (Å²) in [6.45, 7) is 1.95. The first-order chi connectivity index (χ1) is 4.18. The molecule has 2 atom stereocenters. The Morgan fingerprint density at radius 1 is 1.44 bits per heavy atom. The number of nitrogens with two attached hydrogens (primary N) is 2. The van der Waals surface area contributed by atoms with Gasteiger partial charge in [0.25, 0.3) is 0 Å². The zero-order chi connectivity index (χ0) is 7.28. The van der Waals surface area contributed by atoms with Crippen LogP contribution in [0.4, 0.5) is 0 Å². The molecule has 0 aliphatic heterocycles. The second-order valence-electron chi connectivity index (χ2n) is 2.30. The molecule has 0 amide bonds. The summed E-state index contributed by atoms with van der Waals surface area (Å²) in [5.41, 5.74) is 11.2. The monoisotopic (exact) mass is 148 g/mol. The van der Waals surface area contributed by atoms with Crippen LogP contribution in [-0.4, -0.2) is 24.1 Å². The van der Waals surface area contributed by atoms with Crippen molar-refractivity contribution in [3.63, 3.8) is 0 Å². The lowest BCUT2D eigenvalue weighted by Gasteiger charge is -2.13. The van der Waals surface area contributed by atoms with E-state index in [0.29, 0.717) is 0 Å². The maximum Gasteiger partial charge on any atom is 0.0197 e. The van der Waals surface area contributed by atoms with Crippen molar-refractivity contribution in [3.05, 3.63) is 0 Å². The topological polar surface area (TPSA) is 52.0 Å². The van der Waals surface area contributed by atoms with Crippen molar-refractivity contribution in [1.29, 1.82) is 0 Å². The van der Waals surface area contributed by atoms with Gasteiger partial charge in [-0.15, -0.1) is 0 Å². The zero-order valence-electron chi connectivity index (χ0n) is 6.13. The molecule has 0 saturated carbocycles. The lowest BCUT2D eigenvalue weighted by atomic mass is 10.1. The largest absolute Gasteiger partial charge is 0.327 e. The summed E-state index contributed by atoms with van der Waals surface area (Å²) in [5, 5.41) is 0. The Bertz CT molecular complexity index is 66.1. The molecule has 4 N–H and O–H groups in total. The average Bonchev–Trinajstić information content (AvgIpc) is 1.82. The minimum atomic E-state index is 0.136. The molecular weight excluding hydrogens is 132 g/mol. The van der Waals surface area contributed by atoms with Crippen molar-refractivity contribution in [3.8, 4) is 0 Å². The summed E-state index contributed by atoms with van der Waals surface area (Å²) < 4.78 is 0. The van der Waals surface area contributed by atoms with Crippen molar-refractivity contribution < 1.29 is 0 Å². The van der Waals surface area contributed by atoms with Gasteiger partial charge < -0.3 is 11.5 Å². The Morgan fingerprint density at radius 2 is 2.00 bits per heavy atom. The Balaban J connectivity index is 3.16. The van der Waals surface area contributed by atoms with Gasteiger partial charge in [-0.05, 0) is 25.4 Å². The van der Waals surface area contributed by atoms with Gasteiger partial charge in [0.2, 0.25) is 0 Å². The van der Waals surface area contributed by atoms with Crippen molar-refractivity contribution in [2.24, 2.45) is 11.5 Å². The highest BCUT2D eigenvalue weighted by atomic mass is 32.2. The van der Waals surface area contributed by atoms with Gasteiger partial charge in [-0.2, -0.15) is 11.8 Å². The van der Waals surface area contributed by atoms with Crippen LogP contribution in [-0.2, 0) is 0 Å². The predicted octanol–water partition coefficient (Wildman–Crippen LogP) is 0.414. The van der Waals surface area contributed by atoms with E-state index in [9.17, 15) is 0 Å². The SMILES string of the molecule is CSCCC(N)C(C)N. The standard InChI is InChI=1S/C6H16N2S/c1-5(7)6(8)3-4-9-2/h5-6H,3-4,7-8H2,1-2H3. The van der Waals surface area contributed by atoms with E-state index >= 15 is 0 Å². The maximum atomic E-state index is 5.66. The van der Waals surface area contributed by atoms with Crippen LogP contribution in [0.3, 0.4) is 0 Å². The second kappa shape index (κ2) is 5.09. The number of hydrogen-bond acceptors (Lipinski definition) is 3. The third kappa shape index (κ3) is 4.75. The van der Waals surface area contributed by atoms with Crippen molar-refractivity contribution >= 4 is 11.8 Å². The summed E-state index contributed by atoms with van der Waals surface area (Å²) >= 11 is 1.81. The van der Waals surface area contributed by atoms with Crippen LogP contribution < -0.4 is 11.5 Å². The minimum absolute atomic E-state index is 0.136. The average molecular weight is 148 g/mol. The van der Waals surface area contributed by atoms with Gasteiger partial charge in [-0.1, -0.05) is 0 Å². The Morgan fingerprint density at radius 3 is 2.33 bits per heavy atom. The first-order valence-electron chi connectivity index (χ1n) is 3.18. The van der Waals surface area contributed by atoms with Crippen LogP contribution in [0.25, 0.3) is 0 Å². The molecule has 0 fully saturated rings. The van der Waals surface area contributed by atoms with Gasteiger partial charge in [-0.25, -0.2) is 0 Å². The second-order valence-corrected chi connectivity index (χ2v) is 3.29.